The van der Waals surface area contributed by atoms with E-state index in [9.17, 15) is 0 Å². The van der Waals surface area contributed by atoms with Crippen LogP contribution in [0.3, 0.4) is 0 Å². The van der Waals surface area contributed by atoms with Gasteiger partial charge in [-0.2, -0.15) is 0 Å². The normalized spacial score (nSPS) is 26.0. The van der Waals surface area contributed by atoms with Gasteiger partial charge in [0.25, 0.3) is 0 Å². The van der Waals surface area contributed by atoms with Gasteiger partial charge < -0.3 is 14.7 Å². The first-order chi connectivity index (χ1) is 5.86. The van der Waals surface area contributed by atoms with Crippen molar-refractivity contribution in [2.75, 3.05) is 40.0 Å². The molecule has 0 unspecified atom stereocenters. The van der Waals surface area contributed by atoms with Crippen LogP contribution in [0, 0.1) is 5.92 Å². The molecule has 1 atom stereocenters. The van der Waals surface area contributed by atoms with Gasteiger partial charge in [-0.05, 0) is 25.3 Å². The fourth-order valence-electron chi connectivity index (χ4n) is 1.87. The van der Waals surface area contributed by atoms with Crippen molar-refractivity contribution < 1.29 is 9.84 Å². The third kappa shape index (κ3) is 3.09. The Hall–Kier alpha value is -0.120. The van der Waals surface area contributed by atoms with Crippen LogP contribution in [0.4, 0.5) is 0 Å². The fourth-order valence-corrected chi connectivity index (χ4v) is 1.87. The van der Waals surface area contributed by atoms with Gasteiger partial charge in [0.05, 0.1) is 13.2 Å². The molecule has 0 amide bonds. The first-order valence-corrected chi connectivity index (χ1v) is 4.69. The first-order valence-electron chi connectivity index (χ1n) is 4.69. The van der Waals surface area contributed by atoms with E-state index in [1.807, 2.05) is 0 Å². The number of piperidine rings is 1. The third-order valence-corrected chi connectivity index (χ3v) is 2.42. The molecule has 1 fully saturated rings. The number of aliphatic hydroxyl groups excluding tert-OH is 1. The van der Waals surface area contributed by atoms with Crippen LogP contribution < -0.4 is 0 Å². The highest BCUT2D eigenvalue weighted by molar-refractivity contribution is 4.72. The van der Waals surface area contributed by atoms with Crippen molar-refractivity contribution in [2.24, 2.45) is 5.92 Å². The van der Waals surface area contributed by atoms with Crippen molar-refractivity contribution >= 4 is 0 Å². The Morgan fingerprint density at radius 1 is 1.58 bits per heavy atom. The third-order valence-electron chi connectivity index (χ3n) is 2.42. The van der Waals surface area contributed by atoms with Crippen molar-refractivity contribution in [1.29, 1.82) is 0 Å². The van der Waals surface area contributed by atoms with E-state index in [0.29, 0.717) is 5.92 Å². The molecule has 0 radical (unpaired) electrons. The molecule has 3 heteroatoms. The number of β-amino-alcohol motifs (C(OH)–C–C–N with tert-alkyl or cyclic N) is 1. The Labute approximate surface area is 74.3 Å². The number of aliphatic hydroxyl groups is 1. The highest BCUT2D eigenvalue weighted by Crippen LogP contribution is 2.15. The van der Waals surface area contributed by atoms with E-state index in [0.717, 1.165) is 26.2 Å². The molecular weight excluding hydrogens is 154 g/mol. The number of likely N-dealkylation sites (tertiary alicyclic amines) is 1. The highest BCUT2D eigenvalue weighted by Gasteiger charge is 2.18. The zero-order valence-electron chi connectivity index (χ0n) is 7.83. The van der Waals surface area contributed by atoms with Gasteiger partial charge in [0.2, 0.25) is 0 Å². The Balaban J connectivity index is 2.20. The van der Waals surface area contributed by atoms with Gasteiger partial charge in [0.1, 0.15) is 0 Å². The van der Waals surface area contributed by atoms with Gasteiger partial charge in [0.15, 0.2) is 0 Å². The smallest absolute Gasteiger partial charge is 0.0558 e. The number of methoxy groups -OCH3 is 1. The van der Waals surface area contributed by atoms with Crippen LogP contribution in [-0.4, -0.2) is 50.0 Å². The van der Waals surface area contributed by atoms with Gasteiger partial charge in [-0.25, -0.2) is 0 Å². The second kappa shape index (κ2) is 5.51. The zero-order chi connectivity index (χ0) is 8.81. The maximum atomic E-state index is 8.76. The molecule has 1 heterocycles. The summed E-state index contributed by atoms with van der Waals surface area (Å²) in [5, 5.41) is 8.76. The number of ether oxygens (including phenoxy) is 1. The lowest BCUT2D eigenvalue weighted by Crippen LogP contribution is -2.38. The summed E-state index contributed by atoms with van der Waals surface area (Å²) in [7, 11) is 1.75. The molecule has 1 saturated heterocycles. The van der Waals surface area contributed by atoms with Gasteiger partial charge in [-0.3, -0.25) is 0 Å². The lowest BCUT2D eigenvalue weighted by molar-refractivity contribution is 0.0810. The maximum absolute atomic E-state index is 8.76. The van der Waals surface area contributed by atoms with E-state index < -0.39 is 0 Å². The van der Waals surface area contributed by atoms with Gasteiger partial charge in [0, 0.05) is 20.2 Å². The van der Waals surface area contributed by atoms with Crippen LogP contribution in [0.2, 0.25) is 0 Å². The first kappa shape index (κ1) is 9.96. The quantitative estimate of drug-likeness (QED) is 0.665. The minimum absolute atomic E-state index is 0.277. The van der Waals surface area contributed by atoms with Crippen molar-refractivity contribution in [1.82, 2.24) is 4.90 Å². The van der Waals surface area contributed by atoms with Crippen LogP contribution in [-0.2, 0) is 4.74 Å². The molecule has 0 aromatic carbocycles. The van der Waals surface area contributed by atoms with Gasteiger partial charge >= 0.3 is 0 Å². The summed E-state index contributed by atoms with van der Waals surface area (Å²) in [4.78, 5) is 2.31. The minimum atomic E-state index is 0.277. The molecule has 12 heavy (non-hydrogen) atoms. The molecule has 72 valence electrons. The molecule has 0 aliphatic carbocycles. The van der Waals surface area contributed by atoms with Crippen LogP contribution in [0.5, 0.6) is 0 Å². The zero-order valence-corrected chi connectivity index (χ0v) is 7.83. The van der Waals surface area contributed by atoms with Gasteiger partial charge in [-0.1, -0.05) is 0 Å². The van der Waals surface area contributed by atoms with Crippen molar-refractivity contribution in [3.8, 4) is 0 Å². The molecule has 1 aliphatic heterocycles. The molecule has 1 N–H and O–H groups in total. The number of hydrogen-bond donors (Lipinski definition) is 1. The second-order valence-corrected chi connectivity index (χ2v) is 3.49. The SMILES string of the molecule is COC[C@@H]1CCCN(CCO)C1. The van der Waals surface area contributed by atoms with E-state index in [1.54, 1.807) is 7.11 Å². The van der Waals surface area contributed by atoms with E-state index in [1.165, 1.54) is 12.8 Å². The van der Waals surface area contributed by atoms with Crippen molar-refractivity contribution in [3.05, 3.63) is 0 Å². The van der Waals surface area contributed by atoms with E-state index >= 15 is 0 Å². The largest absolute Gasteiger partial charge is 0.395 e. The molecule has 0 aromatic heterocycles. The molecule has 1 aliphatic rings. The molecular formula is C9H19NO2. The predicted octanol–water partition coefficient (Wildman–Crippen LogP) is 0.337. The summed E-state index contributed by atoms with van der Waals surface area (Å²) < 4.78 is 5.12. The molecule has 1 rings (SSSR count). The standard InChI is InChI=1S/C9H19NO2/c1-12-8-9-3-2-4-10(7-9)5-6-11/h9,11H,2-8H2,1H3/t9-/m1/s1. The maximum Gasteiger partial charge on any atom is 0.0558 e. The monoisotopic (exact) mass is 173 g/mol. The van der Waals surface area contributed by atoms with Gasteiger partial charge in [-0.15, -0.1) is 0 Å². The minimum Gasteiger partial charge on any atom is -0.395 e. The molecule has 0 aromatic rings. The Morgan fingerprint density at radius 3 is 3.08 bits per heavy atom. The van der Waals surface area contributed by atoms with Crippen LogP contribution in [0.25, 0.3) is 0 Å². The summed E-state index contributed by atoms with van der Waals surface area (Å²) in [5.74, 6) is 0.676. The Bertz CT molecular complexity index is 103. The number of hydrogen-bond acceptors (Lipinski definition) is 3. The topological polar surface area (TPSA) is 32.7 Å². The van der Waals surface area contributed by atoms with E-state index in [2.05, 4.69) is 4.90 Å². The van der Waals surface area contributed by atoms with Crippen LogP contribution in [0.15, 0.2) is 0 Å². The lowest BCUT2D eigenvalue weighted by atomic mass is 9.99. The summed E-state index contributed by atoms with van der Waals surface area (Å²) in [6.07, 6.45) is 2.52. The Kier molecular flexibility index (Phi) is 4.58. The average molecular weight is 173 g/mol. The summed E-state index contributed by atoms with van der Waals surface area (Å²) in [6.45, 7) is 4.19. The van der Waals surface area contributed by atoms with E-state index in [4.69, 9.17) is 9.84 Å². The van der Waals surface area contributed by atoms with Crippen molar-refractivity contribution in [2.45, 2.75) is 12.8 Å². The summed E-state index contributed by atoms with van der Waals surface area (Å²) >= 11 is 0. The number of rotatable bonds is 4. The molecule has 0 bridgehead atoms. The highest BCUT2D eigenvalue weighted by atomic mass is 16.5. The van der Waals surface area contributed by atoms with E-state index in [-0.39, 0.29) is 6.61 Å². The Morgan fingerprint density at radius 2 is 2.42 bits per heavy atom. The second-order valence-electron chi connectivity index (χ2n) is 3.49. The van der Waals surface area contributed by atoms with Crippen LogP contribution in [0.1, 0.15) is 12.8 Å². The lowest BCUT2D eigenvalue weighted by Gasteiger charge is -2.31. The number of nitrogens with zero attached hydrogens (tertiary/aromatic N) is 1. The average Bonchev–Trinajstić information content (AvgIpc) is 2.06. The fraction of sp³-hybridized carbons (Fsp3) is 1.00. The predicted molar refractivity (Wildman–Crippen MR) is 48.1 cm³/mol. The molecule has 0 saturated carbocycles. The van der Waals surface area contributed by atoms with Crippen molar-refractivity contribution in [3.63, 3.8) is 0 Å². The summed E-state index contributed by atoms with van der Waals surface area (Å²) in [6, 6.07) is 0. The van der Waals surface area contributed by atoms with Crippen LogP contribution >= 0.6 is 0 Å². The molecule has 3 nitrogen and oxygen atoms in total. The summed E-state index contributed by atoms with van der Waals surface area (Å²) in [5.41, 5.74) is 0. The molecule has 0 spiro atoms.